The Bertz CT molecular complexity index is 186. The molecule has 0 spiro atoms. The topological polar surface area (TPSA) is 77.8 Å². The Balaban J connectivity index is 4.10. The van der Waals surface area contributed by atoms with Gasteiger partial charge in [0.1, 0.15) is 0 Å². The third-order valence-corrected chi connectivity index (χ3v) is 1.21. The molecule has 0 aliphatic carbocycles. The van der Waals surface area contributed by atoms with Crippen LogP contribution in [0.25, 0.3) is 0 Å². The maximum atomic E-state index is 10.3. The van der Waals surface area contributed by atoms with Crippen molar-refractivity contribution in [2.24, 2.45) is 0 Å². The lowest BCUT2D eigenvalue weighted by Gasteiger charge is -2.17. The summed E-state index contributed by atoms with van der Waals surface area (Å²) in [6.07, 6.45) is 0. The highest BCUT2D eigenvalue weighted by Crippen LogP contribution is 1.95. The normalized spacial score (nSPS) is 10.0. The van der Waals surface area contributed by atoms with Crippen LogP contribution in [0.4, 0.5) is 0 Å². The van der Waals surface area contributed by atoms with Gasteiger partial charge in [0.2, 0.25) is 0 Å². The molecule has 0 radical (unpaired) electrons. The summed E-state index contributed by atoms with van der Waals surface area (Å²) in [6, 6.07) is 0. The Labute approximate surface area is 76.3 Å². The number of carboxylic acid groups (broad SMARTS) is 2. The first-order valence-electron chi connectivity index (χ1n) is 3.72. The SMILES string of the molecule is C=C(C)CN(CC(=O)O)CC(=O)O. The second kappa shape index (κ2) is 5.31. The van der Waals surface area contributed by atoms with Gasteiger partial charge in [0.05, 0.1) is 13.1 Å². The highest BCUT2D eigenvalue weighted by atomic mass is 16.4. The lowest BCUT2D eigenvalue weighted by atomic mass is 10.3. The molecule has 0 atom stereocenters. The van der Waals surface area contributed by atoms with Crippen molar-refractivity contribution in [3.8, 4) is 0 Å². The third kappa shape index (κ3) is 7.02. The molecule has 0 aromatic rings. The Morgan fingerprint density at radius 1 is 1.15 bits per heavy atom. The van der Waals surface area contributed by atoms with E-state index in [1.165, 1.54) is 4.90 Å². The molecule has 0 aromatic heterocycles. The Kier molecular flexibility index (Phi) is 4.76. The van der Waals surface area contributed by atoms with E-state index in [-0.39, 0.29) is 13.1 Å². The highest BCUT2D eigenvalue weighted by Gasteiger charge is 2.12. The van der Waals surface area contributed by atoms with Gasteiger partial charge in [-0.15, -0.1) is 0 Å². The molecule has 0 rings (SSSR count). The van der Waals surface area contributed by atoms with E-state index in [9.17, 15) is 9.59 Å². The molecule has 0 heterocycles. The molecule has 0 amide bonds. The largest absolute Gasteiger partial charge is 0.480 e. The smallest absolute Gasteiger partial charge is 0.317 e. The molecular weight excluding hydrogens is 174 g/mol. The number of rotatable bonds is 6. The van der Waals surface area contributed by atoms with E-state index >= 15 is 0 Å². The molecule has 0 saturated heterocycles. The van der Waals surface area contributed by atoms with Crippen LogP contribution in [0.2, 0.25) is 0 Å². The quantitative estimate of drug-likeness (QED) is 0.574. The first-order chi connectivity index (χ1) is 5.91. The minimum atomic E-state index is -1.04. The Morgan fingerprint density at radius 3 is 1.77 bits per heavy atom. The first-order valence-corrected chi connectivity index (χ1v) is 3.72. The standard InChI is InChI=1S/C8H13NO4/c1-6(2)3-9(4-7(10)11)5-8(12)13/h1,3-5H2,2H3,(H,10,11)(H,12,13). The van der Waals surface area contributed by atoms with Crippen molar-refractivity contribution >= 4 is 11.9 Å². The summed E-state index contributed by atoms with van der Waals surface area (Å²) in [4.78, 5) is 21.9. The molecule has 0 aromatic carbocycles. The lowest BCUT2D eigenvalue weighted by Crippen LogP contribution is -2.35. The number of hydrogen-bond acceptors (Lipinski definition) is 3. The number of aliphatic carboxylic acids is 2. The van der Waals surface area contributed by atoms with E-state index in [1.807, 2.05) is 0 Å². The summed E-state index contributed by atoms with van der Waals surface area (Å²) >= 11 is 0. The molecule has 0 aliphatic heterocycles. The monoisotopic (exact) mass is 187 g/mol. The molecular formula is C8H13NO4. The third-order valence-electron chi connectivity index (χ3n) is 1.21. The summed E-state index contributed by atoms with van der Waals surface area (Å²) in [5, 5.41) is 16.9. The van der Waals surface area contributed by atoms with Crippen molar-refractivity contribution in [1.29, 1.82) is 0 Å². The Hall–Kier alpha value is -1.36. The molecule has 0 unspecified atom stereocenters. The van der Waals surface area contributed by atoms with Crippen LogP contribution in [-0.2, 0) is 9.59 Å². The van der Waals surface area contributed by atoms with Gasteiger partial charge >= 0.3 is 11.9 Å². The molecule has 0 aliphatic rings. The molecule has 13 heavy (non-hydrogen) atoms. The van der Waals surface area contributed by atoms with Crippen molar-refractivity contribution in [2.45, 2.75) is 6.92 Å². The minimum Gasteiger partial charge on any atom is -0.480 e. The average molecular weight is 187 g/mol. The van der Waals surface area contributed by atoms with Gasteiger partial charge in [0.25, 0.3) is 0 Å². The van der Waals surface area contributed by atoms with Crippen LogP contribution in [-0.4, -0.2) is 46.7 Å². The maximum absolute atomic E-state index is 10.3. The van der Waals surface area contributed by atoms with Gasteiger partial charge < -0.3 is 10.2 Å². The van der Waals surface area contributed by atoms with Gasteiger partial charge in [-0.1, -0.05) is 12.2 Å². The first kappa shape index (κ1) is 11.6. The summed E-state index contributed by atoms with van der Waals surface area (Å²) in [6.45, 7) is 5.03. The van der Waals surface area contributed by atoms with Crippen LogP contribution in [0.15, 0.2) is 12.2 Å². The second-order valence-corrected chi connectivity index (χ2v) is 2.89. The van der Waals surface area contributed by atoms with Gasteiger partial charge in [-0.3, -0.25) is 14.5 Å². The molecule has 0 saturated carbocycles. The van der Waals surface area contributed by atoms with Gasteiger partial charge in [-0.25, -0.2) is 0 Å². The van der Waals surface area contributed by atoms with Crippen molar-refractivity contribution in [3.63, 3.8) is 0 Å². The summed E-state index contributed by atoms with van der Waals surface area (Å²) in [7, 11) is 0. The zero-order chi connectivity index (χ0) is 10.4. The Morgan fingerprint density at radius 2 is 1.54 bits per heavy atom. The van der Waals surface area contributed by atoms with Crippen LogP contribution in [0.3, 0.4) is 0 Å². The van der Waals surface area contributed by atoms with E-state index in [2.05, 4.69) is 6.58 Å². The molecule has 0 fully saturated rings. The number of carbonyl (C=O) groups is 2. The lowest BCUT2D eigenvalue weighted by molar-refractivity contribution is -0.141. The summed E-state index contributed by atoms with van der Waals surface area (Å²) < 4.78 is 0. The summed E-state index contributed by atoms with van der Waals surface area (Å²) in [5.41, 5.74) is 0.738. The maximum Gasteiger partial charge on any atom is 0.317 e. The van der Waals surface area contributed by atoms with E-state index in [0.29, 0.717) is 6.54 Å². The van der Waals surface area contributed by atoms with Crippen LogP contribution in [0.5, 0.6) is 0 Å². The predicted octanol–water partition coefficient (Wildman–Crippen LogP) is 0.0337. The van der Waals surface area contributed by atoms with Crippen LogP contribution >= 0.6 is 0 Å². The van der Waals surface area contributed by atoms with E-state index < -0.39 is 11.9 Å². The summed E-state index contributed by atoms with van der Waals surface area (Å²) in [5.74, 6) is -2.08. The zero-order valence-electron chi connectivity index (χ0n) is 7.49. The van der Waals surface area contributed by atoms with E-state index in [1.54, 1.807) is 6.92 Å². The van der Waals surface area contributed by atoms with Gasteiger partial charge in [0, 0.05) is 6.54 Å². The molecule has 5 nitrogen and oxygen atoms in total. The van der Waals surface area contributed by atoms with E-state index in [0.717, 1.165) is 5.57 Å². The minimum absolute atomic E-state index is 0.279. The van der Waals surface area contributed by atoms with Crippen LogP contribution < -0.4 is 0 Å². The molecule has 5 heteroatoms. The van der Waals surface area contributed by atoms with Gasteiger partial charge in [-0.2, -0.15) is 0 Å². The predicted molar refractivity (Wildman–Crippen MR) is 46.5 cm³/mol. The van der Waals surface area contributed by atoms with Crippen molar-refractivity contribution in [1.82, 2.24) is 4.90 Å². The fraction of sp³-hybridized carbons (Fsp3) is 0.500. The van der Waals surface area contributed by atoms with Crippen molar-refractivity contribution in [2.75, 3.05) is 19.6 Å². The van der Waals surface area contributed by atoms with Crippen LogP contribution in [0, 0.1) is 0 Å². The molecule has 0 bridgehead atoms. The molecule has 2 N–H and O–H groups in total. The van der Waals surface area contributed by atoms with Gasteiger partial charge in [0.15, 0.2) is 0 Å². The highest BCUT2D eigenvalue weighted by molar-refractivity contribution is 5.72. The number of nitrogens with zero attached hydrogens (tertiary/aromatic N) is 1. The van der Waals surface area contributed by atoms with Crippen molar-refractivity contribution in [3.05, 3.63) is 12.2 Å². The van der Waals surface area contributed by atoms with Crippen LogP contribution in [0.1, 0.15) is 6.92 Å². The number of carboxylic acids is 2. The number of hydrogen-bond donors (Lipinski definition) is 2. The fourth-order valence-corrected chi connectivity index (χ4v) is 0.932. The molecule has 74 valence electrons. The van der Waals surface area contributed by atoms with Crippen molar-refractivity contribution < 1.29 is 19.8 Å². The fourth-order valence-electron chi connectivity index (χ4n) is 0.932. The average Bonchev–Trinajstić information content (AvgIpc) is 1.80. The van der Waals surface area contributed by atoms with Gasteiger partial charge in [-0.05, 0) is 6.92 Å². The zero-order valence-corrected chi connectivity index (χ0v) is 7.49. The van der Waals surface area contributed by atoms with E-state index in [4.69, 9.17) is 10.2 Å². The second-order valence-electron chi connectivity index (χ2n) is 2.89.